The Bertz CT molecular complexity index is 733. The van der Waals surface area contributed by atoms with E-state index in [0.29, 0.717) is 12.0 Å². The van der Waals surface area contributed by atoms with Gasteiger partial charge >= 0.3 is 11.9 Å². The zero-order valence-corrected chi connectivity index (χ0v) is 14.7. The number of fused-ring (bicyclic) bond motifs is 3. The van der Waals surface area contributed by atoms with Crippen LogP contribution in [0.2, 0.25) is 0 Å². The van der Waals surface area contributed by atoms with Crippen LogP contribution < -0.4 is 0 Å². The molecule has 0 aromatic carbocycles. The van der Waals surface area contributed by atoms with Gasteiger partial charge in [0, 0.05) is 16.6 Å². The van der Waals surface area contributed by atoms with Crippen LogP contribution in [-0.4, -0.2) is 17.0 Å². The van der Waals surface area contributed by atoms with E-state index in [1.165, 1.54) is 0 Å². The fourth-order valence-corrected chi connectivity index (χ4v) is 5.83. The van der Waals surface area contributed by atoms with E-state index < -0.39 is 5.97 Å². The van der Waals surface area contributed by atoms with Gasteiger partial charge in [-0.1, -0.05) is 19.9 Å². The van der Waals surface area contributed by atoms with Gasteiger partial charge in [-0.05, 0) is 49.5 Å². The van der Waals surface area contributed by atoms with Gasteiger partial charge in [-0.25, -0.2) is 4.79 Å². The minimum Gasteiger partial charge on any atom is -0.478 e. The number of hydrogen-bond acceptors (Lipinski definition) is 4. The zero-order valence-electron chi connectivity index (χ0n) is 14.7. The lowest BCUT2D eigenvalue weighted by atomic mass is 9.45. The van der Waals surface area contributed by atoms with E-state index in [0.717, 1.165) is 31.2 Å². The van der Waals surface area contributed by atoms with Crippen molar-refractivity contribution in [3.8, 4) is 0 Å². The summed E-state index contributed by atoms with van der Waals surface area (Å²) in [4.78, 5) is 24.6. The number of carboxylic acids is 1. The second-order valence-corrected chi connectivity index (χ2v) is 8.25. The van der Waals surface area contributed by atoms with Crippen molar-refractivity contribution in [2.24, 2.45) is 22.7 Å². The smallest absolute Gasteiger partial charge is 0.331 e. The van der Waals surface area contributed by atoms with Crippen LogP contribution in [0.3, 0.4) is 0 Å². The Kier molecular flexibility index (Phi) is 3.60. The molecule has 0 amide bonds. The number of aliphatic carboxylic acids is 1. The monoisotopic (exact) mass is 344 g/mol. The number of allylic oxidation sites excluding steroid dienone is 1. The predicted molar refractivity (Wildman–Crippen MR) is 89.5 cm³/mol. The van der Waals surface area contributed by atoms with Crippen molar-refractivity contribution in [2.45, 2.75) is 52.1 Å². The van der Waals surface area contributed by atoms with Gasteiger partial charge in [0.05, 0.1) is 18.4 Å². The molecule has 2 aliphatic carbocycles. The molecular weight excluding hydrogens is 320 g/mol. The molecule has 1 saturated heterocycles. The van der Waals surface area contributed by atoms with Crippen molar-refractivity contribution in [3.63, 3.8) is 0 Å². The van der Waals surface area contributed by atoms with E-state index in [1.54, 1.807) is 12.5 Å². The lowest BCUT2D eigenvalue weighted by Gasteiger charge is -2.59. The summed E-state index contributed by atoms with van der Waals surface area (Å²) in [5.41, 5.74) is 0.764. The first kappa shape index (κ1) is 16.4. The molecule has 2 heterocycles. The Morgan fingerprint density at radius 3 is 2.80 bits per heavy atom. The molecule has 0 radical (unpaired) electrons. The molecule has 0 bridgehead atoms. The Balaban J connectivity index is 1.74. The van der Waals surface area contributed by atoms with Gasteiger partial charge in [-0.3, -0.25) is 4.79 Å². The van der Waals surface area contributed by atoms with E-state index >= 15 is 0 Å². The quantitative estimate of drug-likeness (QED) is 0.817. The highest BCUT2D eigenvalue weighted by molar-refractivity contribution is 5.88. The first-order valence-corrected chi connectivity index (χ1v) is 9.03. The molecule has 25 heavy (non-hydrogen) atoms. The van der Waals surface area contributed by atoms with E-state index in [2.05, 4.69) is 13.8 Å². The molecule has 1 aromatic rings. The standard InChI is InChI=1S/C20H24O5/c1-19-8-6-14-18(23)25-15(12-7-9-24-11-12)10-20(14,2)16(19)5-3-4-13(19)17(21)22/h4,7,9,11,14-16H,3,5-6,8,10H2,1-2H3,(H,21,22)/t14-,15+,16-,19-,20-/m0/s1. The lowest BCUT2D eigenvalue weighted by Crippen LogP contribution is -2.56. The Morgan fingerprint density at radius 2 is 2.12 bits per heavy atom. The van der Waals surface area contributed by atoms with Crippen LogP contribution in [0.1, 0.15) is 57.6 Å². The van der Waals surface area contributed by atoms with Gasteiger partial charge in [0.15, 0.2) is 0 Å². The lowest BCUT2D eigenvalue weighted by molar-refractivity contribution is -0.190. The molecule has 5 heteroatoms. The highest BCUT2D eigenvalue weighted by Crippen LogP contribution is 2.64. The number of cyclic esters (lactones) is 1. The highest BCUT2D eigenvalue weighted by Gasteiger charge is 2.61. The van der Waals surface area contributed by atoms with Gasteiger partial charge in [-0.2, -0.15) is 0 Å². The van der Waals surface area contributed by atoms with Crippen LogP contribution in [-0.2, 0) is 14.3 Å². The maximum Gasteiger partial charge on any atom is 0.331 e. The fraction of sp³-hybridized carbons (Fsp3) is 0.600. The average molecular weight is 344 g/mol. The second-order valence-electron chi connectivity index (χ2n) is 8.25. The van der Waals surface area contributed by atoms with Crippen molar-refractivity contribution in [3.05, 3.63) is 35.8 Å². The summed E-state index contributed by atoms with van der Waals surface area (Å²) in [6.45, 7) is 4.24. The number of esters is 1. The summed E-state index contributed by atoms with van der Waals surface area (Å²) in [6, 6.07) is 1.84. The molecule has 1 saturated carbocycles. The maximum atomic E-state index is 12.7. The molecule has 4 rings (SSSR count). The molecule has 5 nitrogen and oxygen atoms in total. The molecule has 134 valence electrons. The van der Waals surface area contributed by atoms with Crippen molar-refractivity contribution in [2.75, 3.05) is 0 Å². The third-order valence-corrected chi connectivity index (χ3v) is 7.05. The van der Waals surface area contributed by atoms with Crippen LogP contribution >= 0.6 is 0 Å². The van der Waals surface area contributed by atoms with Crippen LogP contribution in [0.5, 0.6) is 0 Å². The zero-order chi connectivity index (χ0) is 17.8. The summed E-state index contributed by atoms with van der Waals surface area (Å²) >= 11 is 0. The Morgan fingerprint density at radius 1 is 1.32 bits per heavy atom. The largest absolute Gasteiger partial charge is 0.478 e. The van der Waals surface area contributed by atoms with Crippen LogP contribution in [0, 0.1) is 22.7 Å². The molecule has 5 atom stereocenters. The fourth-order valence-electron chi connectivity index (χ4n) is 5.83. The number of furan rings is 1. The van der Waals surface area contributed by atoms with Gasteiger partial charge in [0.2, 0.25) is 0 Å². The number of hydrogen-bond donors (Lipinski definition) is 1. The van der Waals surface area contributed by atoms with Gasteiger partial charge in [0.25, 0.3) is 0 Å². The third-order valence-electron chi connectivity index (χ3n) is 7.05. The maximum absolute atomic E-state index is 12.7. The topological polar surface area (TPSA) is 76.7 Å². The predicted octanol–water partition coefficient (Wildman–Crippen LogP) is 4.11. The molecule has 1 aliphatic heterocycles. The van der Waals surface area contributed by atoms with Gasteiger partial charge in [0.1, 0.15) is 6.10 Å². The first-order valence-electron chi connectivity index (χ1n) is 9.03. The minimum absolute atomic E-state index is 0.145. The van der Waals surface area contributed by atoms with Gasteiger partial charge in [-0.15, -0.1) is 0 Å². The van der Waals surface area contributed by atoms with Crippen LogP contribution in [0.4, 0.5) is 0 Å². The number of ether oxygens (including phenoxy) is 1. The van der Waals surface area contributed by atoms with E-state index in [9.17, 15) is 14.7 Å². The number of carboxylic acid groups (broad SMARTS) is 1. The summed E-state index contributed by atoms with van der Waals surface area (Å²) in [5.74, 6) is -0.952. The van der Waals surface area contributed by atoms with Crippen molar-refractivity contribution in [1.82, 2.24) is 0 Å². The molecule has 0 spiro atoms. The van der Waals surface area contributed by atoms with E-state index in [4.69, 9.17) is 9.15 Å². The van der Waals surface area contributed by atoms with E-state index in [1.807, 2.05) is 12.1 Å². The number of carbonyl (C=O) groups is 2. The Hall–Kier alpha value is -2.04. The molecule has 1 N–H and O–H groups in total. The second kappa shape index (κ2) is 5.48. The van der Waals surface area contributed by atoms with E-state index in [-0.39, 0.29) is 34.7 Å². The third kappa shape index (κ3) is 2.28. The molecule has 0 unspecified atom stereocenters. The van der Waals surface area contributed by atoms with Crippen molar-refractivity contribution in [1.29, 1.82) is 0 Å². The number of rotatable bonds is 2. The summed E-state index contributed by atoms with van der Waals surface area (Å²) in [6.07, 6.45) is 8.61. The normalized spacial score (nSPS) is 40.5. The molecular formula is C20H24O5. The van der Waals surface area contributed by atoms with Gasteiger partial charge < -0.3 is 14.3 Å². The van der Waals surface area contributed by atoms with Crippen molar-refractivity contribution >= 4 is 11.9 Å². The Labute approximate surface area is 147 Å². The van der Waals surface area contributed by atoms with Crippen LogP contribution in [0.25, 0.3) is 0 Å². The summed E-state index contributed by atoms with van der Waals surface area (Å²) in [7, 11) is 0. The average Bonchev–Trinajstić information content (AvgIpc) is 3.07. The molecule has 2 fully saturated rings. The number of carbonyl (C=O) groups excluding carboxylic acids is 1. The first-order chi connectivity index (χ1) is 11.9. The summed E-state index contributed by atoms with van der Waals surface area (Å²) < 4.78 is 10.9. The molecule has 1 aromatic heterocycles. The minimum atomic E-state index is -0.820. The SMILES string of the molecule is C[C@]12C[C@H](c3ccoc3)OC(=O)[C@@H]1CC[C@@]1(C)C(C(=O)O)=CCC[C@H]21. The highest BCUT2D eigenvalue weighted by atomic mass is 16.5. The van der Waals surface area contributed by atoms with Crippen molar-refractivity contribution < 1.29 is 23.8 Å². The summed E-state index contributed by atoms with van der Waals surface area (Å²) in [5, 5.41) is 9.70. The molecule has 3 aliphatic rings. The van der Waals surface area contributed by atoms with Crippen LogP contribution in [0.15, 0.2) is 34.7 Å².